The van der Waals surface area contributed by atoms with Gasteiger partial charge in [0.25, 0.3) is 0 Å². The zero-order valence-corrected chi connectivity index (χ0v) is 11.8. The Hall–Kier alpha value is -0.590. The molecule has 4 nitrogen and oxygen atoms in total. The molecule has 1 aliphatic rings. The molecule has 1 heterocycles. The molecule has 6 heteroatoms. The van der Waals surface area contributed by atoms with Gasteiger partial charge in [-0.15, -0.1) is 0 Å². The normalized spacial score (nSPS) is 27.0. The number of aryl methyl sites for hydroxylation is 1. The first-order valence-corrected chi connectivity index (χ1v) is 7.90. The summed E-state index contributed by atoms with van der Waals surface area (Å²) in [6.45, 7) is 1.97. The number of benzene rings is 1. The summed E-state index contributed by atoms with van der Waals surface area (Å²) >= 11 is 3.41. The van der Waals surface area contributed by atoms with E-state index in [1.807, 2.05) is 25.1 Å². The van der Waals surface area contributed by atoms with E-state index in [0.29, 0.717) is 0 Å². The molecule has 0 bridgehead atoms. The van der Waals surface area contributed by atoms with Gasteiger partial charge in [0.2, 0.25) is 0 Å². The molecule has 0 radical (unpaired) electrons. The van der Waals surface area contributed by atoms with E-state index in [2.05, 4.69) is 21.2 Å². The number of hydrogen-bond acceptors (Lipinski definition) is 4. The third kappa shape index (κ3) is 3.00. The van der Waals surface area contributed by atoms with Crippen LogP contribution in [0.5, 0.6) is 0 Å². The van der Waals surface area contributed by atoms with Crippen LogP contribution >= 0.6 is 15.9 Å². The molecule has 2 rings (SSSR count). The van der Waals surface area contributed by atoms with E-state index < -0.39 is 22.0 Å². The highest BCUT2D eigenvalue weighted by atomic mass is 79.9. The largest absolute Gasteiger partial charge is 0.390 e. The Kier molecular flexibility index (Phi) is 3.47. The minimum atomic E-state index is -3.11. The highest BCUT2D eigenvalue weighted by Gasteiger charge is 2.36. The van der Waals surface area contributed by atoms with Crippen molar-refractivity contribution in [2.75, 3.05) is 16.8 Å². The van der Waals surface area contributed by atoms with Gasteiger partial charge in [0.15, 0.2) is 9.84 Å². The summed E-state index contributed by atoms with van der Waals surface area (Å²) in [6, 6.07) is 5.27. The van der Waals surface area contributed by atoms with Gasteiger partial charge in [0.1, 0.15) is 0 Å². The SMILES string of the molecule is Cc1ccc(NC2CS(=O)(=O)CC2O)cc1Br. The van der Waals surface area contributed by atoms with Crippen LogP contribution in [0.15, 0.2) is 22.7 Å². The van der Waals surface area contributed by atoms with Crippen LogP contribution in [-0.4, -0.2) is 37.2 Å². The summed E-state index contributed by atoms with van der Waals surface area (Å²) in [6.07, 6.45) is -0.833. The lowest BCUT2D eigenvalue weighted by Crippen LogP contribution is -2.31. The lowest BCUT2D eigenvalue weighted by molar-refractivity contribution is 0.190. The predicted octanol–water partition coefficient (Wildman–Crippen LogP) is 1.33. The second-order valence-corrected chi connectivity index (χ2v) is 7.37. The zero-order chi connectivity index (χ0) is 12.6. The van der Waals surface area contributed by atoms with E-state index in [1.165, 1.54) is 0 Å². The molecule has 0 saturated carbocycles. The molecule has 0 spiro atoms. The minimum absolute atomic E-state index is 0.0142. The van der Waals surface area contributed by atoms with Crippen molar-refractivity contribution in [1.82, 2.24) is 0 Å². The Morgan fingerprint density at radius 2 is 2.12 bits per heavy atom. The van der Waals surface area contributed by atoms with Gasteiger partial charge < -0.3 is 10.4 Å². The fraction of sp³-hybridized carbons (Fsp3) is 0.455. The Labute approximate surface area is 109 Å². The van der Waals surface area contributed by atoms with Crippen LogP contribution < -0.4 is 5.32 Å². The zero-order valence-electron chi connectivity index (χ0n) is 9.35. The topological polar surface area (TPSA) is 66.4 Å². The molecule has 94 valence electrons. The maximum absolute atomic E-state index is 11.4. The Morgan fingerprint density at radius 3 is 2.65 bits per heavy atom. The lowest BCUT2D eigenvalue weighted by Gasteiger charge is -2.16. The van der Waals surface area contributed by atoms with Gasteiger partial charge in [0.05, 0.1) is 23.7 Å². The summed E-state index contributed by atoms with van der Waals surface area (Å²) in [5.74, 6) is -0.169. The van der Waals surface area contributed by atoms with Gasteiger partial charge in [-0.1, -0.05) is 22.0 Å². The molecule has 17 heavy (non-hydrogen) atoms. The monoisotopic (exact) mass is 319 g/mol. The standard InChI is InChI=1S/C11H14BrNO3S/c1-7-2-3-8(4-9(7)12)13-10-5-17(15,16)6-11(10)14/h2-4,10-11,13-14H,5-6H2,1H3. The highest BCUT2D eigenvalue weighted by Crippen LogP contribution is 2.23. The number of nitrogens with one attached hydrogen (secondary N) is 1. The maximum Gasteiger partial charge on any atom is 0.155 e. The van der Waals surface area contributed by atoms with Crippen LogP contribution in [0.2, 0.25) is 0 Å². The molecule has 0 amide bonds. The van der Waals surface area contributed by atoms with Crippen molar-refractivity contribution in [3.8, 4) is 0 Å². The van der Waals surface area contributed by atoms with Gasteiger partial charge in [0, 0.05) is 10.2 Å². The van der Waals surface area contributed by atoms with E-state index in [9.17, 15) is 13.5 Å². The fourth-order valence-electron chi connectivity index (χ4n) is 1.86. The number of sulfone groups is 1. The maximum atomic E-state index is 11.4. The Morgan fingerprint density at radius 1 is 1.41 bits per heavy atom. The molecule has 1 aromatic rings. The molecular weight excluding hydrogens is 306 g/mol. The van der Waals surface area contributed by atoms with Crippen molar-refractivity contribution in [3.63, 3.8) is 0 Å². The third-order valence-corrected chi connectivity index (χ3v) is 5.42. The minimum Gasteiger partial charge on any atom is -0.390 e. The van der Waals surface area contributed by atoms with Crippen molar-refractivity contribution in [2.45, 2.75) is 19.1 Å². The van der Waals surface area contributed by atoms with Crippen molar-refractivity contribution in [1.29, 1.82) is 0 Å². The molecule has 0 aromatic heterocycles. The molecular formula is C11H14BrNO3S. The van der Waals surface area contributed by atoms with Gasteiger partial charge in [-0.2, -0.15) is 0 Å². The van der Waals surface area contributed by atoms with E-state index in [0.717, 1.165) is 15.7 Å². The predicted molar refractivity (Wildman–Crippen MR) is 71.0 cm³/mol. The Balaban J connectivity index is 2.14. The van der Waals surface area contributed by atoms with Crippen LogP contribution in [0.4, 0.5) is 5.69 Å². The second-order valence-electron chi connectivity index (χ2n) is 4.36. The first-order valence-electron chi connectivity index (χ1n) is 5.28. The number of aliphatic hydroxyl groups is 1. The van der Waals surface area contributed by atoms with Crippen LogP contribution in [0.25, 0.3) is 0 Å². The highest BCUT2D eigenvalue weighted by molar-refractivity contribution is 9.10. The molecule has 2 N–H and O–H groups in total. The molecule has 1 aromatic carbocycles. The van der Waals surface area contributed by atoms with Crippen LogP contribution in [0.1, 0.15) is 5.56 Å². The van der Waals surface area contributed by atoms with Crippen LogP contribution in [0.3, 0.4) is 0 Å². The van der Waals surface area contributed by atoms with Gasteiger partial charge in [-0.3, -0.25) is 0 Å². The number of aliphatic hydroxyl groups excluding tert-OH is 1. The molecule has 1 fully saturated rings. The van der Waals surface area contributed by atoms with E-state index in [4.69, 9.17) is 0 Å². The molecule has 1 aliphatic heterocycles. The number of anilines is 1. The first-order chi connectivity index (χ1) is 7.87. The molecule has 0 aliphatic carbocycles. The summed E-state index contributed by atoms with van der Waals surface area (Å²) in [5.41, 5.74) is 1.92. The fourth-order valence-corrected chi connectivity index (χ4v) is 3.98. The first kappa shape index (κ1) is 12.9. The Bertz CT molecular complexity index is 530. The summed E-state index contributed by atoms with van der Waals surface area (Å²) < 4.78 is 23.7. The summed E-state index contributed by atoms with van der Waals surface area (Å²) in [7, 11) is -3.11. The van der Waals surface area contributed by atoms with E-state index in [1.54, 1.807) is 0 Å². The number of rotatable bonds is 2. The average Bonchev–Trinajstić information content (AvgIpc) is 2.46. The lowest BCUT2D eigenvalue weighted by atomic mass is 10.2. The van der Waals surface area contributed by atoms with Gasteiger partial charge >= 0.3 is 0 Å². The van der Waals surface area contributed by atoms with Gasteiger partial charge in [-0.05, 0) is 24.6 Å². The van der Waals surface area contributed by atoms with Crippen molar-refractivity contribution >= 4 is 31.5 Å². The molecule has 1 saturated heterocycles. The quantitative estimate of drug-likeness (QED) is 0.863. The summed E-state index contributed by atoms with van der Waals surface area (Å²) in [4.78, 5) is 0. The van der Waals surface area contributed by atoms with Crippen molar-refractivity contribution < 1.29 is 13.5 Å². The smallest absolute Gasteiger partial charge is 0.155 e. The van der Waals surface area contributed by atoms with E-state index in [-0.39, 0.29) is 11.5 Å². The van der Waals surface area contributed by atoms with Crippen LogP contribution in [0, 0.1) is 6.92 Å². The third-order valence-electron chi connectivity index (χ3n) is 2.85. The van der Waals surface area contributed by atoms with E-state index >= 15 is 0 Å². The average molecular weight is 320 g/mol. The second kappa shape index (κ2) is 4.59. The summed E-state index contributed by atoms with van der Waals surface area (Å²) in [5, 5.41) is 12.7. The molecule has 2 unspecified atom stereocenters. The van der Waals surface area contributed by atoms with Crippen LogP contribution in [-0.2, 0) is 9.84 Å². The number of hydrogen-bond donors (Lipinski definition) is 2. The molecule has 2 atom stereocenters. The van der Waals surface area contributed by atoms with Gasteiger partial charge in [-0.25, -0.2) is 8.42 Å². The van der Waals surface area contributed by atoms with Crippen molar-refractivity contribution in [2.24, 2.45) is 0 Å². The number of halogens is 1. The van der Waals surface area contributed by atoms with Crippen molar-refractivity contribution in [3.05, 3.63) is 28.2 Å².